The maximum Gasteiger partial charge on any atom is 0.339 e. The summed E-state index contributed by atoms with van der Waals surface area (Å²) in [5.74, 6) is -0.334. The minimum absolute atomic E-state index is 0.215. The van der Waals surface area contributed by atoms with Gasteiger partial charge in [-0.25, -0.2) is 4.79 Å². The normalized spacial score (nSPS) is 11.9. The first-order valence-electron chi connectivity index (χ1n) is 6.90. The van der Waals surface area contributed by atoms with Crippen LogP contribution in [0.3, 0.4) is 0 Å². The zero-order valence-corrected chi connectivity index (χ0v) is 13.6. The Morgan fingerprint density at radius 3 is 1.90 bits per heavy atom. The lowest BCUT2D eigenvalue weighted by molar-refractivity contribution is 0.0554. The first-order valence-corrected chi connectivity index (χ1v) is 6.90. The van der Waals surface area contributed by atoms with Crippen molar-refractivity contribution in [1.82, 2.24) is 0 Å². The molecule has 1 N–H and O–H groups in total. The number of aromatic hydroxyl groups is 1. The monoisotopic (exact) mass is 289 g/mol. The van der Waals surface area contributed by atoms with Crippen LogP contribution in [0.4, 0.5) is 0 Å². The largest absolute Gasteiger partial charge is 0.507 e. The van der Waals surface area contributed by atoms with Gasteiger partial charge in [-0.2, -0.15) is 5.26 Å². The maximum atomic E-state index is 12.0. The number of hydrogen-bond acceptors (Lipinski definition) is 4. The topological polar surface area (TPSA) is 70.3 Å². The Bertz CT molecular complexity index is 549. The maximum absolute atomic E-state index is 12.0. The van der Waals surface area contributed by atoms with Crippen molar-refractivity contribution in [3.63, 3.8) is 0 Å². The van der Waals surface area contributed by atoms with Gasteiger partial charge in [0.05, 0.1) is 5.56 Å². The van der Waals surface area contributed by atoms with Crippen LogP contribution in [0.15, 0.2) is 12.1 Å². The third-order valence-electron chi connectivity index (χ3n) is 3.23. The number of carbonyl (C=O) groups excluding carboxylic acids is 1. The summed E-state index contributed by atoms with van der Waals surface area (Å²) in [7, 11) is 0. The molecule has 0 radical (unpaired) electrons. The molecule has 0 bridgehead atoms. The molecule has 1 aromatic carbocycles. The van der Waals surface area contributed by atoms with Gasteiger partial charge in [-0.15, -0.1) is 0 Å². The van der Waals surface area contributed by atoms with Gasteiger partial charge in [0.2, 0.25) is 0 Å². The standard InChI is InChI=1S/C17H23NO3/c1-16(2,3)12-9-11(15(20)21-8-7-18)10-13(14(12)19)17(4,5)6/h9-10,19H,8H2,1-6H3. The fourth-order valence-corrected chi connectivity index (χ4v) is 2.08. The number of nitriles is 1. The lowest BCUT2D eigenvalue weighted by Gasteiger charge is -2.27. The average molecular weight is 289 g/mol. The molecule has 114 valence electrons. The molecule has 0 saturated carbocycles. The van der Waals surface area contributed by atoms with E-state index in [9.17, 15) is 9.90 Å². The number of ether oxygens (including phenoxy) is 1. The molecule has 4 heteroatoms. The Labute approximate surface area is 126 Å². The van der Waals surface area contributed by atoms with Crippen LogP contribution in [0, 0.1) is 11.3 Å². The first kappa shape index (κ1) is 17.0. The molecule has 1 aromatic rings. The van der Waals surface area contributed by atoms with Crippen LogP contribution in [0.5, 0.6) is 5.75 Å². The second kappa shape index (κ2) is 5.77. The summed E-state index contributed by atoms with van der Waals surface area (Å²) in [6.45, 7) is 11.5. The minimum atomic E-state index is -0.549. The van der Waals surface area contributed by atoms with Crippen LogP contribution in [-0.2, 0) is 15.6 Å². The summed E-state index contributed by atoms with van der Waals surface area (Å²) in [5, 5.41) is 19.0. The van der Waals surface area contributed by atoms with Crippen LogP contribution in [0.25, 0.3) is 0 Å². The number of carbonyl (C=O) groups is 1. The van der Waals surface area contributed by atoms with Crippen LogP contribution in [-0.4, -0.2) is 17.7 Å². The van der Waals surface area contributed by atoms with Crippen LogP contribution < -0.4 is 0 Å². The van der Waals surface area contributed by atoms with Crippen molar-refractivity contribution in [3.05, 3.63) is 28.8 Å². The zero-order valence-electron chi connectivity index (χ0n) is 13.6. The van der Waals surface area contributed by atoms with E-state index in [-0.39, 0.29) is 23.2 Å². The summed E-state index contributed by atoms with van der Waals surface area (Å²) in [6, 6.07) is 5.06. The summed E-state index contributed by atoms with van der Waals surface area (Å²) in [5.41, 5.74) is 1.13. The van der Waals surface area contributed by atoms with Gasteiger partial charge >= 0.3 is 5.97 Å². The molecule has 0 heterocycles. The molecule has 0 saturated heterocycles. The summed E-state index contributed by atoms with van der Waals surface area (Å²) < 4.78 is 4.87. The van der Waals surface area contributed by atoms with Crippen molar-refractivity contribution in [3.8, 4) is 11.8 Å². The minimum Gasteiger partial charge on any atom is -0.507 e. The van der Waals surface area contributed by atoms with Gasteiger partial charge in [-0.3, -0.25) is 0 Å². The highest BCUT2D eigenvalue weighted by molar-refractivity contribution is 5.90. The van der Waals surface area contributed by atoms with Gasteiger partial charge in [-0.1, -0.05) is 41.5 Å². The molecule has 0 spiro atoms. The molecule has 0 unspecified atom stereocenters. The van der Waals surface area contributed by atoms with E-state index in [4.69, 9.17) is 10.00 Å². The molecule has 0 atom stereocenters. The van der Waals surface area contributed by atoms with E-state index in [1.54, 1.807) is 18.2 Å². The Morgan fingerprint density at radius 2 is 1.57 bits per heavy atom. The van der Waals surface area contributed by atoms with E-state index in [0.717, 1.165) is 0 Å². The molecule has 4 nitrogen and oxygen atoms in total. The molecule has 21 heavy (non-hydrogen) atoms. The first-order chi connectivity index (χ1) is 9.48. The van der Waals surface area contributed by atoms with Gasteiger partial charge in [0.15, 0.2) is 6.61 Å². The molecule has 0 aliphatic rings. The van der Waals surface area contributed by atoms with E-state index >= 15 is 0 Å². The summed E-state index contributed by atoms with van der Waals surface area (Å²) in [4.78, 5) is 12.0. The molecule has 0 aromatic heterocycles. The van der Waals surface area contributed by atoms with Crippen molar-refractivity contribution < 1.29 is 14.6 Å². The highest BCUT2D eigenvalue weighted by atomic mass is 16.5. The van der Waals surface area contributed by atoms with Crippen LogP contribution in [0.2, 0.25) is 0 Å². The van der Waals surface area contributed by atoms with Crippen molar-refractivity contribution in [2.45, 2.75) is 52.4 Å². The van der Waals surface area contributed by atoms with Gasteiger partial charge in [0.1, 0.15) is 11.8 Å². The van der Waals surface area contributed by atoms with Gasteiger partial charge in [-0.05, 0) is 23.0 Å². The van der Waals surface area contributed by atoms with Crippen molar-refractivity contribution in [2.24, 2.45) is 0 Å². The highest BCUT2D eigenvalue weighted by Crippen LogP contribution is 2.39. The number of esters is 1. The summed E-state index contributed by atoms with van der Waals surface area (Å²) >= 11 is 0. The average Bonchev–Trinajstić information content (AvgIpc) is 2.33. The Balaban J connectivity index is 3.48. The fourth-order valence-electron chi connectivity index (χ4n) is 2.08. The number of nitrogens with zero attached hydrogens (tertiary/aromatic N) is 1. The van der Waals surface area contributed by atoms with Crippen molar-refractivity contribution in [2.75, 3.05) is 6.61 Å². The Morgan fingerprint density at radius 1 is 1.14 bits per heavy atom. The van der Waals surface area contributed by atoms with E-state index in [2.05, 4.69) is 0 Å². The smallest absolute Gasteiger partial charge is 0.339 e. The third-order valence-corrected chi connectivity index (χ3v) is 3.23. The van der Waals surface area contributed by atoms with Crippen LogP contribution >= 0.6 is 0 Å². The predicted octanol–water partition coefficient (Wildman–Crippen LogP) is 3.67. The second-order valence-corrected chi connectivity index (χ2v) is 7.15. The van der Waals surface area contributed by atoms with E-state index < -0.39 is 5.97 Å². The zero-order chi connectivity index (χ0) is 16.4. The molecule has 1 rings (SSSR count). The molecule has 0 amide bonds. The van der Waals surface area contributed by atoms with Gasteiger partial charge < -0.3 is 9.84 Å². The molecule has 0 aliphatic carbocycles. The van der Waals surface area contributed by atoms with Gasteiger partial charge in [0, 0.05) is 11.1 Å². The van der Waals surface area contributed by atoms with Crippen LogP contribution in [0.1, 0.15) is 63.0 Å². The van der Waals surface area contributed by atoms with Gasteiger partial charge in [0.25, 0.3) is 0 Å². The second-order valence-electron chi connectivity index (χ2n) is 7.15. The predicted molar refractivity (Wildman–Crippen MR) is 81.4 cm³/mol. The fraction of sp³-hybridized carbons (Fsp3) is 0.529. The number of rotatable bonds is 2. The highest BCUT2D eigenvalue weighted by Gasteiger charge is 2.28. The van der Waals surface area contributed by atoms with Crippen molar-refractivity contribution >= 4 is 5.97 Å². The molecule has 0 aliphatic heterocycles. The Kier molecular flexibility index (Phi) is 4.68. The van der Waals surface area contributed by atoms with Crippen molar-refractivity contribution in [1.29, 1.82) is 5.26 Å². The molecular weight excluding hydrogens is 266 g/mol. The summed E-state index contributed by atoms with van der Waals surface area (Å²) in [6.07, 6.45) is 0. The number of phenols is 1. The SMILES string of the molecule is CC(C)(C)c1cc(C(=O)OCC#N)cc(C(C)(C)C)c1O. The van der Waals surface area contributed by atoms with E-state index in [1.165, 1.54) is 0 Å². The lowest BCUT2D eigenvalue weighted by Crippen LogP contribution is -2.19. The number of benzene rings is 1. The quantitative estimate of drug-likeness (QED) is 0.843. The third kappa shape index (κ3) is 3.98. The molecular formula is C17H23NO3. The lowest BCUT2D eigenvalue weighted by atomic mass is 9.78. The van der Waals surface area contributed by atoms with E-state index in [1.807, 2.05) is 41.5 Å². The molecule has 0 fully saturated rings. The number of hydrogen-bond donors (Lipinski definition) is 1. The van der Waals surface area contributed by atoms with E-state index in [0.29, 0.717) is 16.7 Å². The number of phenolic OH excluding ortho intramolecular Hbond substituents is 1. The Hall–Kier alpha value is -2.02.